The first-order chi connectivity index (χ1) is 21.6. The van der Waals surface area contributed by atoms with Gasteiger partial charge in [0.1, 0.15) is 23.1 Å². The van der Waals surface area contributed by atoms with Crippen molar-refractivity contribution in [1.29, 1.82) is 0 Å². The molecule has 0 fully saturated rings. The molecule has 9 heteroatoms. The lowest BCUT2D eigenvalue weighted by atomic mass is 9.82. The van der Waals surface area contributed by atoms with E-state index in [-0.39, 0.29) is 0 Å². The summed E-state index contributed by atoms with van der Waals surface area (Å²) in [6, 6.07) is 29.5. The van der Waals surface area contributed by atoms with Crippen molar-refractivity contribution in [2.45, 2.75) is 31.1 Å². The highest BCUT2D eigenvalue weighted by molar-refractivity contribution is 5.85. The molecule has 0 aliphatic carbocycles. The summed E-state index contributed by atoms with van der Waals surface area (Å²) in [6.45, 7) is 0. The van der Waals surface area contributed by atoms with E-state index >= 15 is 0 Å². The number of pyridine rings is 1. The lowest BCUT2D eigenvalue weighted by Gasteiger charge is -2.25. The summed E-state index contributed by atoms with van der Waals surface area (Å²) in [6.07, 6.45) is 5.49. The molecule has 3 aromatic heterocycles. The number of nitrogens with one attached hydrogen (secondary N) is 1. The van der Waals surface area contributed by atoms with Gasteiger partial charge in [-0.05, 0) is 54.3 Å². The van der Waals surface area contributed by atoms with Crippen LogP contribution in [0.15, 0.2) is 103 Å². The van der Waals surface area contributed by atoms with Crippen LogP contribution in [-0.4, -0.2) is 44.9 Å². The lowest BCUT2D eigenvalue weighted by molar-refractivity contribution is -0.120. The van der Waals surface area contributed by atoms with E-state index in [0.717, 1.165) is 34.4 Å². The summed E-state index contributed by atoms with van der Waals surface area (Å²) in [5, 5.41) is 10.6. The Labute approximate surface area is 255 Å². The SMILES string of the molecule is COc1ccc(-n2c(CCc3ccccc3)nnc2[C@H](Cc2c[nH]c3ccccc23)C(C(N)=O)c2ccccn2)c(OC)c1. The number of methoxy groups -OCH3 is 2. The molecule has 0 radical (unpaired) electrons. The highest BCUT2D eigenvalue weighted by atomic mass is 16.5. The van der Waals surface area contributed by atoms with Gasteiger partial charge in [-0.15, -0.1) is 10.2 Å². The molecule has 0 aliphatic heterocycles. The molecule has 6 aromatic rings. The topological polar surface area (TPSA) is 121 Å². The molecule has 1 amide bonds. The minimum Gasteiger partial charge on any atom is -0.497 e. The van der Waals surface area contributed by atoms with Crippen LogP contribution in [-0.2, 0) is 24.1 Å². The van der Waals surface area contributed by atoms with Crippen molar-refractivity contribution in [2.24, 2.45) is 5.73 Å². The number of hydrogen-bond acceptors (Lipinski definition) is 6. The van der Waals surface area contributed by atoms with Gasteiger partial charge in [0.15, 0.2) is 0 Å². The van der Waals surface area contributed by atoms with E-state index in [1.165, 1.54) is 5.56 Å². The van der Waals surface area contributed by atoms with Crippen LogP contribution >= 0.6 is 0 Å². The maximum atomic E-state index is 13.4. The van der Waals surface area contributed by atoms with Crippen molar-refractivity contribution in [3.63, 3.8) is 0 Å². The molecule has 222 valence electrons. The van der Waals surface area contributed by atoms with E-state index in [1.54, 1.807) is 20.4 Å². The zero-order chi connectivity index (χ0) is 30.5. The molecule has 0 saturated carbocycles. The van der Waals surface area contributed by atoms with Crippen molar-refractivity contribution in [2.75, 3.05) is 14.2 Å². The fourth-order valence-corrected chi connectivity index (χ4v) is 5.87. The number of hydrogen-bond donors (Lipinski definition) is 2. The molecule has 3 heterocycles. The minimum absolute atomic E-state index is 0.462. The van der Waals surface area contributed by atoms with Crippen LogP contribution in [0.1, 0.15) is 40.3 Å². The third kappa shape index (κ3) is 5.76. The van der Waals surface area contributed by atoms with Crippen molar-refractivity contribution in [3.05, 3.63) is 132 Å². The predicted octanol–water partition coefficient (Wildman–Crippen LogP) is 5.54. The van der Waals surface area contributed by atoms with Gasteiger partial charge in [0.25, 0.3) is 0 Å². The Bertz CT molecular complexity index is 1870. The molecule has 0 bridgehead atoms. The molecule has 0 saturated heterocycles. The van der Waals surface area contributed by atoms with Crippen molar-refractivity contribution < 1.29 is 14.3 Å². The predicted molar refractivity (Wildman–Crippen MR) is 169 cm³/mol. The molecule has 6 rings (SSSR count). The monoisotopic (exact) mass is 586 g/mol. The smallest absolute Gasteiger partial charge is 0.227 e. The van der Waals surface area contributed by atoms with E-state index in [1.807, 2.05) is 83.6 Å². The molecule has 9 nitrogen and oxygen atoms in total. The van der Waals surface area contributed by atoms with Gasteiger partial charge >= 0.3 is 0 Å². The Morgan fingerprint density at radius 3 is 2.45 bits per heavy atom. The van der Waals surface area contributed by atoms with Crippen LogP contribution < -0.4 is 15.2 Å². The zero-order valence-corrected chi connectivity index (χ0v) is 24.7. The second-order valence-corrected chi connectivity index (χ2v) is 10.6. The number of nitrogens with zero attached hydrogens (tertiary/aromatic N) is 4. The number of aryl methyl sites for hydroxylation is 2. The van der Waals surface area contributed by atoms with E-state index in [2.05, 4.69) is 28.2 Å². The third-order valence-electron chi connectivity index (χ3n) is 8.02. The van der Waals surface area contributed by atoms with E-state index in [0.29, 0.717) is 35.9 Å². The summed E-state index contributed by atoms with van der Waals surface area (Å²) in [5.74, 6) is 0.799. The number of carbonyl (C=O) groups is 1. The van der Waals surface area contributed by atoms with E-state index in [4.69, 9.17) is 25.4 Å². The molecule has 2 atom stereocenters. The summed E-state index contributed by atoms with van der Waals surface area (Å²) in [7, 11) is 3.24. The molecule has 0 aliphatic rings. The van der Waals surface area contributed by atoms with Crippen LogP contribution in [0.2, 0.25) is 0 Å². The number of benzene rings is 3. The number of aromatic nitrogens is 5. The number of nitrogens with two attached hydrogens (primary N) is 1. The van der Waals surface area contributed by atoms with Crippen LogP contribution in [0.5, 0.6) is 11.5 Å². The van der Waals surface area contributed by atoms with Gasteiger partial charge in [-0.1, -0.05) is 54.6 Å². The van der Waals surface area contributed by atoms with Crippen molar-refractivity contribution in [3.8, 4) is 17.2 Å². The zero-order valence-electron chi connectivity index (χ0n) is 24.7. The van der Waals surface area contributed by atoms with Gasteiger partial charge in [-0.2, -0.15) is 0 Å². The second kappa shape index (κ2) is 12.8. The second-order valence-electron chi connectivity index (χ2n) is 10.6. The van der Waals surface area contributed by atoms with E-state index < -0.39 is 17.7 Å². The number of aromatic amines is 1. The van der Waals surface area contributed by atoms with Gasteiger partial charge in [0, 0.05) is 41.7 Å². The number of rotatable bonds is 12. The maximum Gasteiger partial charge on any atom is 0.227 e. The molecular weight excluding hydrogens is 552 g/mol. The summed E-state index contributed by atoms with van der Waals surface area (Å²) < 4.78 is 13.4. The number of primary amides is 1. The van der Waals surface area contributed by atoms with Crippen LogP contribution in [0.4, 0.5) is 0 Å². The van der Waals surface area contributed by atoms with Crippen LogP contribution in [0, 0.1) is 0 Å². The molecule has 1 unspecified atom stereocenters. The molecule has 3 N–H and O–H groups in total. The summed E-state index contributed by atoms with van der Waals surface area (Å²) in [4.78, 5) is 21.3. The first kappa shape index (κ1) is 28.7. The number of amides is 1. The first-order valence-electron chi connectivity index (χ1n) is 14.5. The maximum absolute atomic E-state index is 13.4. The standard InChI is InChI=1S/C35H34N6O3/c1-43-25-16-17-30(31(21-25)44-2)41-32(18-15-23-10-4-3-5-11-23)39-40-35(41)27(33(34(36)42)29-14-8-9-19-37-29)20-24-22-38-28-13-7-6-12-26(24)28/h3-14,16-17,19,21-22,27,33,38H,15,18,20H2,1-2H3,(H2,36,42)/t27-,33?/m1/s1. The van der Waals surface area contributed by atoms with Gasteiger partial charge in [-0.25, -0.2) is 0 Å². The lowest BCUT2D eigenvalue weighted by Crippen LogP contribution is -2.30. The molecule has 44 heavy (non-hydrogen) atoms. The summed E-state index contributed by atoms with van der Waals surface area (Å²) >= 11 is 0. The third-order valence-corrected chi connectivity index (χ3v) is 8.02. The molecular formula is C35H34N6O3. The Hall–Kier alpha value is -5.44. The number of para-hydroxylation sites is 1. The van der Waals surface area contributed by atoms with Crippen molar-refractivity contribution in [1.82, 2.24) is 24.7 Å². The molecule has 3 aromatic carbocycles. The number of ether oxygens (including phenoxy) is 2. The number of H-pyrrole nitrogens is 1. The highest BCUT2D eigenvalue weighted by Gasteiger charge is 2.36. The van der Waals surface area contributed by atoms with Gasteiger partial charge in [-0.3, -0.25) is 14.3 Å². The average molecular weight is 587 g/mol. The Morgan fingerprint density at radius 2 is 1.70 bits per heavy atom. The Balaban J connectivity index is 1.55. The average Bonchev–Trinajstić information content (AvgIpc) is 3.68. The number of fused-ring (bicyclic) bond motifs is 1. The molecule has 0 spiro atoms. The Morgan fingerprint density at radius 1 is 0.909 bits per heavy atom. The fraction of sp³-hybridized carbons (Fsp3) is 0.200. The van der Waals surface area contributed by atoms with E-state index in [9.17, 15) is 4.79 Å². The normalized spacial score (nSPS) is 12.6. The van der Waals surface area contributed by atoms with Gasteiger partial charge in [0.2, 0.25) is 5.91 Å². The first-order valence-corrected chi connectivity index (χ1v) is 14.5. The minimum atomic E-state index is -0.779. The largest absolute Gasteiger partial charge is 0.497 e. The van der Waals surface area contributed by atoms with Crippen molar-refractivity contribution >= 4 is 16.8 Å². The number of carbonyl (C=O) groups excluding carboxylic acids is 1. The summed E-state index contributed by atoms with van der Waals surface area (Å²) in [5.41, 5.74) is 10.7. The highest BCUT2D eigenvalue weighted by Crippen LogP contribution is 2.39. The van der Waals surface area contributed by atoms with Crippen LogP contribution in [0.3, 0.4) is 0 Å². The quantitative estimate of drug-likeness (QED) is 0.194. The van der Waals surface area contributed by atoms with Gasteiger partial charge < -0.3 is 20.2 Å². The van der Waals surface area contributed by atoms with Gasteiger partial charge in [0.05, 0.1) is 31.5 Å². The Kier molecular flexibility index (Phi) is 8.36. The van der Waals surface area contributed by atoms with Crippen LogP contribution in [0.25, 0.3) is 16.6 Å². The fourth-order valence-electron chi connectivity index (χ4n) is 5.87.